The monoisotopic (exact) mass is 540 g/mol. The van der Waals surface area contributed by atoms with Gasteiger partial charge in [0.25, 0.3) is 5.91 Å². The van der Waals surface area contributed by atoms with E-state index in [0.717, 1.165) is 40.9 Å². The van der Waals surface area contributed by atoms with Gasteiger partial charge in [-0.3, -0.25) is 9.59 Å². The van der Waals surface area contributed by atoms with Crippen molar-refractivity contribution in [2.75, 3.05) is 32.6 Å². The zero-order valence-corrected chi connectivity index (χ0v) is 23.7. The molecule has 0 unspecified atom stereocenters. The van der Waals surface area contributed by atoms with Crippen LogP contribution in [0.1, 0.15) is 41.4 Å². The van der Waals surface area contributed by atoms with Gasteiger partial charge in [0.05, 0.1) is 31.2 Å². The highest BCUT2D eigenvalue weighted by molar-refractivity contribution is 6.02. The van der Waals surface area contributed by atoms with Crippen molar-refractivity contribution in [1.29, 1.82) is 0 Å². The number of hydrogen-bond acceptors (Lipinski definition) is 5. The molecule has 8 nitrogen and oxygen atoms in total. The molecular weight excluding hydrogens is 504 g/mol. The Bertz CT molecular complexity index is 1460. The smallest absolute Gasteiger partial charge is 0.258 e. The number of carbonyl (C=O) groups is 2. The van der Waals surface area contributed by atoms with Crippen molar-refractivity contribution in [2.45, 2.75) is 33.6 Å². The third-order valence-corrected chi connectivity index (χ3v) is 6.70. The van der Waals surface area contributed by atoms with Crippen LogP contribution in [-0.2, 0) is 4.79 Å². The van der Waals surface area contributed by atoms with E-state index in [1.54, 1.807) is 34.9 Å². The Hall–Kier alpha value is -4.59. The lowest BCUT2D eigenvalue weighted by molar-refractivity contribution is -0.117. The van der Waals surface area contributed by atoms with Crippen molar-refractivity contribution >= 4 is 17.6 Å². The minimum atomic E-state index is -0.317. The normalized spacial score (nSPS) is 10.7. The molecule has 8 heteroatoms. The summed E-state index contributed by atoms with van der Waals surface area (Å²) >= 11 is 0. The van der Waals surface area contributed by atoms with E-state index in [4.69, 9.17) is 14.6 Å². The first-order valence-corrected chi connectivity index (χ1v) is 13.4. The zero-order valence-electron chi connectivity index (χ0n) is 23.7. The minimum absolute atomic E-state index is 0.125. The van der Waals surface area contributed by atoms with Crippen LogP contribution in [0.15, 0.2) is 72.8 Å². The lowest BCUT2D eigenvalue weighted by atomic mass is 10.1. The van der Waals surface area contributed by atoms with Gasteiger partial charge in [-0.05, 0) is 50.1 Å². The molecule has 0 aliphatic rings. The highest BCUT2D eigenvalue weighted by atomic mass is 16.5. The Morgan fingerprint density at radius 1 is 0.950 bits per heavy atom. The Balaban J connectivity index is 1.68. The molecule has 2 amide bonds. The average Bonchev–Trinajstić information content (AvgIpc) is 3.30. The second kappa shape index (κ2) is 13.0. The summed E-state index contributed by atoms with van der Waals surface area (Å²) in [5.41, 5.74) is 4.88. The fourth-order valence-corrected chi connectivity index (χ4v) is 4.56. The predicted molar refractivity (Wildman–Crippen MR) is 157 cm³/mol. The number of rotatable bonds is 11. The van der Waals surface area contributed by atoms with Gasteiger partial charge >= 0.3 is 0 Å². The van der Waals surface area contributed by atoms with Crippen molar-refractivity contribution < 1.29 is 19.1 Å². The molecule has 3 aromatic carbocycles. The van der Waals surface area contributed by atoms with Crippen LogP contribution in [-0.4, -0.2) is 53.8 Å². The number of carbonyl (C=O) groups excluding carboxylic acids is 2. The van der Waals surface area contributed by atoms with Crippen molar-refractivity contribution in [2.24, 2.45) is 0 Å². The van der Waals surface area contributed by atoms with E-state index in [9.17, 15) is 9.59 Å². The molecule has 0 radical (unpaired) electrons. The van der Waals surface area contributed by atoms with E-state index in [1.807, 2.05) is 75.4 Å². The molecule has 1 heterocycles. The molecule has 4 rings (SSSR count). The Morgan fingerprint density at radius 2 is 1.68 bits per heavy atom. The van der Waals surface area contributed by atoms with Crippen LogP contribution in [0.3, 0.4) is 0 Å². The SMILES string of the molecule is CCCCN(CC(=O)Nc1c(-c2ccccc2)c(C)nn1-c1ccc(C)cc1)C(=O)c1ccc(OC)cc1OC. The molecule has 208 valence electrons. The highest BCUT2D eigenvalue weighted by Crippen LogP contribution is 2.33. The molecule has 4 aromatic rings. The zero-order chi connectivity index (χ0) is 28.6. The standard InChI is InChI=1S/C32H36N4O4/c1-6-7-19-35(32(38)27-18-17-26(39-4)20-28(27)40-5)21-29(37)33-31-30(24-11-9-8-10-12-24)23(3)34-36(31)25-15-13-22(2)14-16-25/h8-18,20H,6-7,19,21H2,1-5H3,(H,33,37). The number of amides is 2. The molecule has 0 saturated carbocycles. The van der Waals surface area contributed by atoms with Crippen LogP contribution in [0.2, 0.25) is 0 Å². The lowest BCUT2D eigenvalue weighted by Gasteiger charge is -2.23. The predicted octanol–water partition coefficient (Wildman–Crippen LogP) is 6.05. The van der Waals surface area contributed by atoms with E-state index >= 15 is 0 Å². The third kappa shape index (κ3) is 6.34. The summed E-state index contributed by atoms with van der Waals surface area (Å²) in [6, 6.07) is 22.8. The van der Waals surface area contributed by atoms with Gasteiger partial charge in [-0.1, -0.05) is 61.4 Å². The van der Waals surface area contributed by atoms with Crippen molar-refractivity contribution in [3.63, 3.8) is 0 Å². The molecule has 1 N–H and O–H groups in total. The van der Waals surface area contributed by atoms with Gasteiger partial charge in [0.15, 0.2) is 0 Å². The molecule has 0 atom stereocenters. The summed E-state index contributed by atoms with van der Waals surface area (Å²) in [7, 11) is 3.06. The molecule has 0 saturated heterocycles. The molecule has 0 spiro atoms. The number of unbranched alkanes of at least 4 members (excludes halogenated alkanes) is 1. The summed E-state index contributed by atoms with van der Waals surface area (Å²) < 4.78 is 12.5. The van der Waals surface area contributed by atoms with Crippen molar-refractivity contribution in [1.82, 2.24) is 14.7 Å². The van der Waals surface area contributed by atoms with Crippen LogP contribution in [0.25, 0.3) is 16.8 Å². The molecule has 40 heavy (non-hydrogen) atoms. The first kappa shape index (κ1) is 28.4. The molecule has 1 aromatic heterocycles. The number of nitrogens with zero attached hydrogens (tertiary/aromatic N) is 3. The maximum absolute atomic E-state index is 13.6. The van der Waals surface area contributed by atoms with Crippen LogP contribution in [0.4, 0.5) is 5.82 Å². The largest absolute Gasteiger partial charge is 0.497 e. The summed E-state index contributed by atoms with van der Waals surface area (Å²) in [6.07, 6.45) is 1.63. The number of anilines is 1. The van der Waals surface area contributed by atoms with E-state index in [2.05, 4.69) is 5.32 Å². The number of nitrogens with one attached hydrogen (secondary N) is 1. The maximum atomic E-state index is 13.6. The van der Waals surface area contributed by atoms with Crippen molar-refractivity contribution in [3.8, 4) is 28.3 Å². The van der Waals surface area contributed by atoms with Gasteiger partial charge in [-0.25, -0.2) is 4.68 Å². The van der Waals surface area contributed by atoms with E-state index < -0.39 is 0 Å². The Labute approximate surface area is 235 Å². The number of hydrogen-bond donors (Lipinski definition) is 1. The summed E-state index contributed by atoms with van der Waals surface area (Å²) in [6.45, 7) is 6.30. The minimum Gasteiger partial charge on any atom is -0.497 e. The summed E-state index contributed by atoms with van der Waals surface area (Å²) in [5.74, 6) is 0.935. The first-order valence-electron chi connectivity index (χ1n) is 13.4. The highest BCUT2D eigenvalue weighted by Gasteiger charge is 2.25. The van der Waals surface area contributed by atoms with Gasteiger partial charge in [0.1, 0.15) is 23.9 Å². The first-order chi connectivity index (χ1) is 19.4. The number of aromatic nitrogens is 2. The topological polar surface area (TPSA) is 85.7 Å². The molecule has 0 bridgehead atoms. The Kier molecular flexibility index (Phi) is 9.22. The summed E-state index contributed by atoms with van der Waals surface area (Å²) in [4.78, 5) is 28.8. The number of methoxy groups -OCH3 is 2. The van der Waals surface area contributed by atoms with Crippen LogP contribution >= 0.6 is 0 Å². The van der Waals surface area contributed by atoms with Gasteiger partial charge in [0, 0.05) is 18.2 Å². The lowest BCUT2D eigenvalue weighted by Crippen LogP contribution is -2.39. The number of benzene rings is 3. The van der Waals surface area contributed by atoms with Crippen LogP contribution in [0, 0.1) is 13.8 Å². The van der Waals surface area contributed by atoms with Gasteiger partial charge in [0.2, 0.25) is 5.91 Å². The second-order valence-electron chi connectivity index (χ2n) is 9.62. The van der Waals surface area contributed by atoms with Crippen molar-refractivity contribution in [3.05, 3.63) is 89.6 Å². The van der Waals surface area contributed by atoms with E-state index in [1.165, 1.54) is 7.11 Å². The molecule has 0 aliphatic carbocycles. The fraction of sp³-hybridized carbons (Fsp3) is 0.281. The molecular formula is C32H36N4O4. The van der Waals surface area contributed by atoms with E-state index in [-0.39, 0.29) is 18.4 Å². The number of ether oxygens (including phenoxy) is 2. The van der Waals surface area contributed by atoms with Gasteiger partial charge in [-0.15, -0.1) is 0 Å². The van der Waals surface area contributed by atoms with E-state index in [0.29, 0.717) is 29.4 Å². The average molecular weight is 541 g/mol. The summed E-state index contributed by atoms with van der Waals surface area (Å²) in [5, 5.41) is 7.87. The number of aryl methyl sites for hydroxylation is 2. The maximum Gasteiger partial charge on any atom is 0.258 e. The van der Waals surface area contributed by atoms with Gasteiger partial charge < -0.3 is 19.7 Å². The van der Waals surface area contributed by atoms with Crippen LogP contribution < -0.4 is 14.8 Å². The fourth-order valence-electron chi connectivity index (χ4n) is 4.56. The van der Waals surface area contributed by atoms with Crippen LogP contribution in [0.5, 0.6) is 11.5 Å². The van der Waals surface area contributed by atoms with Gasteiger partial charge in [-0.2, -0.15) is 5.10 Å². The quantitative estimate of drug-likeness (QED) is 0.250. The molecule has 0 fully saturated rings. The second-order valence-corrected chi connectivity index (χ2v) is 9.62. The Morgan fingerprint density at radius 3 is 2.33 bits per heavy atom. The molecule has 0 aliphatic heterocycles. The third-order valence-electron chi connectivity index (χ3n) is 6.70.